The summed E-state index contributed by atoms with van der Waals surface area (Å²) in [7, 11) is 0. The minimum atomic E-state index is -4.79. The molecule has 0 aromatic carbocycles. The molecule has 0 saturated carbocycles. The highest BCUT2D eigenvalue weighted by Gasteiger charge is 2.39. The van der Waals surface area contributed by atoms with E-state index in [0.717, 1.165) is 12.4 Å². The number of hydrogen-bond donors (Lipinski definition) is 0. The summed E-state index contributed by atoms with van der Waals surface area (Å²) in [4.78, 5) is 30.4. The quantitative estimate of drug-likeness (QED) is 0.463. The zero-order valence-electron chi connectivity index (χ0n) is 19.0. The lowest BCUT2D eigenvalue weighted by Gasteiger charge is -2.40. The molecule has 9 nitrogen and oxygen atoms in total. The number of halogens is 6. The van der Waals surface area contributed by atoms with Crippen LogP contribution in [0.3, 0.4) is 0 Å². The Morgan fingerprint density at radius 2 is 1.78 bits per heavy atom. The van der Waals surface area contributed by atoms with E-state index >= 15 is 0 Å². The molecule has 16 heteroatoms. The predicted octanol–water partition coefficient (Wildman–Crippen LogP) is 3.53. The van der Waals surface area contributed by atoms with Crippen LogP contribution in [0.4, 0.5) is 31.3 Å². The van der Waals surface area contributed by atoms with Crippen molar-refractivity contribution in [2.75, 3.05) is 24.5 Å². The van der Waals surface area contributed by atoms with E-state index in [1.54, 1.807) is 16.7 Å². The molecule has 3 aromatic heterocycles. The molecule has 36 heavy (non-hydrogen) atoms. The summed E-state index contributed by atoms with van der Waals surface area (Å²) in [6.45, 7) is 4.24. The van der Waals surface area contributed by atoms with Crippen molar-refractivity contribution < 1.29 is 31.1 Å². The van der Waals surface area contributed by atoms with Gasteiger partial charge < -0.3 is 9.80 Å². The van der Waals surface area contributed by atoms with E-state index < -0.39 is 23.2 Å². The number of thiazole rings is 1. The van der Waals surface area contributed by atoms with Gasteiger partial charge in [-0.25, -0.2) is 24.6 Å². The van der Waals surface area contributed by atoms with Gasteiger partial charge >= 0.3 is 12.4 Å². The number of aromatic nitrogens is 6. The Hall–Kier alpha value is -3.30. The Kier molecular flexibility index (Phi) is 6.90. The molecule has 0 radical (unpaired) electrons. The predicted molar refractivity (Wildman–Crippen MR) is 116 cm³/mol. The van der Waals surface area contributed by atoms with Gasteiger partial charge in [-0.2, -0.15) is 31.4 Å². The molecule has 4 rings (SSSR count). The Labute approximate surface area is 204 Å². The number of amides is 1. The summed E-state index contributed by atoms with van der Waals surface area (Å²) in [6, 6.07) is -0.368. The Balaban J connectivity index is 1.57. The van der Waals surface area contributed by atoms with Gasteiger partial charge in [-0.1, -0.05) is 18.3 Å². The van der Waals surface area contributed by atoms with Crippen LogP contribution in [0.25, 0.3) is 11.3 Å². The Morgan fingerprint density at radius 3 is 2.36 bits per heavy atom. The molecular formula is C20H20F6N8OS. The second kappa shape index (κ2) is 9.63. The van der Waals surface area contributed by atoms with Crippen LogP contribution in [0.5, 0.6) is 0 Å². The van der Waals surface area contributed by atoms with E-state index in [0.29, 0.717) is 23.6 Å². The van der Waals surface area contributed by atoms with Crippen molar-refractivity contribution in [3.05, 3.63) is 35.4 Å². The Bertz CT molecular complexity index is 1220. The molecule has 1 atom stereocenters. The molecule has 0 aliphatic carbocycles. The standard InChI is InChI=1S/C20H20F6N8OS/c1-3-13-29-10-30-34(13)9-14(35)33-5-4-32(8-11(33)2)16-15(31-18(36-16)20(24,25)26)12-6-27-17(28-7-12)19(21,22)23/h6-7,10-11H,3-5,8-9H2,1-2H3/t11-/m1/s1. The molecule has 0 bridgehead atoms. The molecular weight excluding hydrogens is 514 g/mol. The normalized spacial score (nSPS) is 17.1. The van der Waals surface area contributed by atoms with Crippen LogP contribution < -0.4 is 4.90 Å². The van der Waals surface area contributed by atoms with Crippen molar-refractivity contribution in [2.45, 2.75) is 45.2 Å². The van der Waals surface area contributed by atoms with Crippen LogP contribution in [0.1, 0.15) is 30.5 Å². The monoisotopic (exact) mass is 534 g/mol. The minimum Gasteiger partial charge on any atom is -0.358 e. The number of carbonyl (C=O) groups is 1. The van der Waals surface area contributed by atoms with Crippen LogP contribution in [-0.4, -0.2) is 66.2 Å². The molecule has 1 aliphatic rings. The van der Waals surface area contributed by atoms with Gasteiger partial charge in [0, 0.05) is 50.1 Å². The number of aryl methyl sites for hydroxylation is 1. The van der Waals surface area contributed by atoms with Crippen LogP contribution in [0.15, 0.2) is 18.7 Å². The second-order valence-electron chi connectivity index (χ2n) is 8.03. The van der Waals surface area contributed by atoms with E-state index in [-0.39, 0.29) is 54.4 Å². The first-order valence-corrected chi connectivity index (χ1v) is 11.6. The zero-order valence-corrected chi connectivity index (χ0v) is 19.8. The molecule has 0 N–H and O–H groups in total. The number of hydrogen-bond acceptors (Lipinski definition) is 8. The Morgan fingerprint density at radius 1 is 1.08 bits per heavy atom. The van der Waals surface area contributed by atoms with Crippen molar-refractivity contribution in [3.63, 3.8) is 0 Å². The number of alkyl halides is 6. The number of piperazine rings is 1. The third-order valence-corrected chi connectivity index (χ3v) is 6.72. The first-order valence-electron chi connectivity index (χ1n) is 10.8. The third kappa shape index (κ3) is 5.27. The second-order valence-corrected chi connectivity index (χ2v) is 9.01. The number of nitrogens with zero attached hydrogens (tertiary/aromatic N) is 8. The SMILES string of the molecule is CCc1ncnn1CC(=O)N1CCN(c2sc(C(F)(F)F)nc2-c2cnc(C(F)(F)F)nc2)C[C@H]1C. The lowest BCUT2D eigenvalue weighted by molar-refractivity contribution is -0.145. The largest absolute Gasteiger partial charge is 0.451 e. The zero-order chi connectivity index (χ0) is 26.3. The van der Waals surface area contributed by atoms with Gasteiger partial charge in [-0.05, 0) is 6.92 Å². The fraction of sp³-hybridized carbons (Fsp3) is 0.500. The first-order chi connectivity index (χ1) is 16.9. The fourth-order valence-electron chi connectivity index (χ4n) is 3.86. The van der Waals surface area contributed by atoms with Crippen molar-refractivity contribution >= 4 is 22.2 Å². The number of rotatable bonds is 5. The molecule has 4 heterocycles. The van der Waals surface area contributed by atoms with Crippen molar-refractivity contribution in [2.24, 2.45) is 0 Å². The molecule has 0 unspecified atom stereocenters. The van der Waals surface area contributed by atoms with Crippen molar-refractivity contribution in [1.82, 2.24) is 34.6 Å². The molecule has 0 spiro atoms. The van der Waals surface area contributed by atoms with Gasteiger partial charge in [0.2, 0.25) is 16.7 Å². The molecule has 1 fully saturated rings. The molecule has 1 aliphatic heterocycles. The molecule has 1 amide bonds. The third-order valence-electron chi connectivity index (χ3n) is 5.56. The summed E-state index contributed by atoms with van der Waals surface area (Å²) in [6.07, 6.45) is -5.96. The highest BCUT2D eigenvalue weighted by atomic mass is 32.1. The summed E-state index contributed by atoms with van der Waals surface area (Å²) in [5.41, 5.74) is -0.239. The fourth-order valence-corrected chi connectivity index (χ4v) is 4.85. The van der Waals surface area contributed by atoms with Gasteiger partial charge in [0.05, 0.1) is 0 Å². The van der Waals surface area contributed by atoms with E-state index in [1.165, 1.54) is 11.0 Å². The van der Waals surface area contributed by atoms with Crippen molar-refractivity contribution in [3.8, 4) is 11.3 Å². The van der Waals surface area contributed by atoms with Crippen LogP contribution in [0, 0.1) is 0 Å². The lowest BCUT2D eigenvalue weighted by atomic mass is 10.1. The highest BCUT2D eigenvalue weighted by Crippen LogP contribution is 2.43. The van der Waals surface area contributed by atoms with Crippen LogP contribution in [-0.2, 0) is 30.1 Å². The van der Waals surface area contributed by atoms with Gasteiger partial charge in [-0.3, -0.25) is 4.79 Å². The maximum Gasteiger partial charge on any atom is 0.451 e. The van der Waals surface area contributed by atoms with Gasteiger partial charge in [-0.15, -0.1) is 0 Å². The van der Waals surface area contributed by atoms with E-state index in [2.05, 4.69) is 25.0 Å². The minimum absolute atomic E-state index is 0.0135. The molecule has 1 saturated heterocycles. The van der Waals surface area contributed by atoms with Crippen LogP contribution in [0.2, 0.25) is 0 Å². The molecule has 194 valence electrons. The maximum atomic E-state index is 13.5. The van der Waals surface area contributed by atoms with E-state index in [4.69, 9.17) is 0 Å². The lowest BCUT2D eigenvalue weighted by Crippen LogP contribution is -2.54. The summed E-state index contributed by atoms with van der Waals surface area (Å²) in [5.74, 6) is -0.959. The van der Waals surface area contributed by atoms with Crippen LogP contribution >= 0.6 is 11.3 Å². The van der Waals surface area contributed by atoms with E-state index in [9.17, 15) is 31.1 Å². The van der Waals surface area contributed by atoms with Gasteiger partial charge in [0.15, 0.2) is 0 Å². The maximum absolute atomic E-state index is 13.5. The van der Waals surface area contributed by atoms with Gasteiger partial charge in [0.1, 0.15) is 29.4 Å². The summed E-state index contributed by atoms with van der Waals surface area (Å²) >= 11 is 0.384. The number of carbonyl (C=O) groups excluding carboxylic acids is 1. The van der Waals surface area contributed by atoms with Crippen molar-refractivity contribution in [1.29, 1.82) is 0 Å². The number of anilines is 1. The first kappa shape index (κ1) is 25.8. The van der Waals surface area contributed by atoms with Gasteiger partial charge in [0.25, 0.3) is 0 Å². The highest BCUT2D eigenvalue weighted by molar-refractivity contribution is 7.16. The summed E-state index contributed by atoms with van der Waals surface area (Å²) in [5, 5.41) is 3.03. The topological polar surface area (TPSA) is 92.9 Å². The average molecular weight is 534 g/mol. The average Bonchev–Trinajstić information content (AvgIpc) is 3.45. The molecule has 3 aromatic rings. The summed E-state index contributed by atoms with van der Waals surface area (Å²) < 4.78 is 80.3. The smallest absolute Gasteiger partial charge is 0.358 e. The van der Waals surface area contributed by atoms with E-state index in [1.807, 2.05) is 6.92 Å².